The van der Waals surface area contributed by atoms with E-state index in [4.69, 9.17) is 4.42 Å². The first-order chi connectivity index (χ1) is 10.4. The van der Waals surface area contributed by atoms with Crippen molar-refractivity contribution < 1.29 is 17.6 Å². The van der Waals surface area contributed by atoms with Crippen LogP contribution in [0, 0.1) is 5.92 Å². The maximum atomic E-state index is 12.2. The second kappa shape index (κ2) is 5.43. The van der Waals surface area contributed by atoms with Gasteiger partial charge in [0.2, 0.25) is 5.91 Å². The number of fused-ring (bicyclic) bond motifs is 1. The zero-order valence-corrected chi connectivity index (χ0v) is 13.4. The molecule has 0 aliphatic heterocycles. The lowest BCUT2D eigenvalue weighted by molar-refractivity contribution is -0.121. The van der Waals surface area contributed by atoms with Crippen LogP contribution in [-0.2, 0) is 14.6 Å². The fourth-order valence-corrected chi connectivity index (χ4v) is 2.93. The van der Waals surface area contributed by atoms with Crippen molar-refractivity contribution in [1.29, 1.82) is 0 Å². The summed E-state index contributed by atoms with van der Waals surface area (Å²) in [5.74, 6) is 0.536. The van der Waals surface area contributed by atoms with Gasteiger partial charge in [-0.2, -0.15) is 0 Å². The van der Waals surface area contributed by atoms with Crippen LogP contribution in [0.2, 0.25) is 0 Å². The highest BCUT2D eigenvalue weighted by molar-refractivity contribution is 7.92. The van der Waals surface area contributed by atoms with Gasteiger partial charge in [-0.3, -0.25) is 4.79 Å². The van der Waals surface area contributed by atoms with Gasteiger partial charge in [0, 0.05) is 11.6 Å². The first kappa shape index (κ1) is 15.1. The molecule has 1 aromatic heterocycles. The quantitative estimate of drug-likeness (QED) is 0.917. The molecule has 1 N–H and O–H groups in total. The second-order valence-electron chi connectivity index (χ2n) is 5.98. The van der Waals surface area contributed by atoms with Gasteiger partial charge >= 0.3 is 0 Å². The summed E-state index contributed by atoms with van der Waals surface area (Å²) >= 11 is 0. The first-order valence-corrected chi connectivity index (χ1v) is 9.29. The van der Waals surface area contributed by atoms with Crippen LogP contribution in [0.5, 0.6) is 0 Å². The van der Waals surface area contributed by atoms with E-state index in [-0.39, 0.29) is 6.04 Å². The summed E-state index contributed by atoms with van der Waals surface area (Å²) in [7, 11) is -3.40. The third-order valence-electron chi connectivity index (χ3n) is 4.15. The molecule has 1 aliphatic carbocycles. The number of benzene rings is 1. The Labute approximate surface area is 129 Å². The van der Waals surface area contributed by atoms with Gasteiger partial charge in [0.1, 0.15) is 16.6 Å². The molecule has 0 spiro atoms. The molecule has 3 rings (SSSR count). The van der Waals surface area contributed by atoms with Crippen molar-refractivity contribution in [2.24, 2.45) is 5.92 Å². The molecule has 1 amide bonds. The number of carbonyl (C=O) groups excluding carboxylic acids is 1. The van der Waals surface area contributed by atoms with Gasteiger partial charge in [-0.25, -0.2) is 8.42 Å². The highest BCUT2D eigenvalue weighted by Crippen LogP contribution is 2.42. The summed E-state index contributed by atoms with van der Waals surface area (Å²) in [4.78, 5) is 12.2. The van der Waals surface area contributed by atoms with Crippen LogP contribution in [0.15, 0.2) is 34.7 Å². The lowest BCUT2D eigenvalue weighted by Gasteiger charge is -2.18. The normalized spacial score (nSPS) is 18.1. The molecule has 0 saturated heterocycles. The summed E-state index contributed by atoms with van der Waals surface area (Å²) in [6, 6.07) is 9.31. The molecule has 1 heterocycles. The lowest BCUT2D eigenvalue weighted by Crippen LogP contribution is -2.40. The smallest absolute Gasteiger partial charge is 0.238 e. The molecule has 1 fully saturated rings. The van der Waals surface area contributed by atoms with Gasteiger partial charge in [-0.15, -0.1) is 0 Å². The van der Waals surface area contributed by atoms with E-state index in [1.807, 2.05) is 30.3 Å². The van der Waals surface area contributed by atoms with Crippen molar-refractivity contribution in [3.8, 4) is 0 Å². The van der Waals surface area contributed by atoms with Crippen molar-refractivity contribution in [1.82, 2.24) is 5.32 Å². The Morgan fingerprint density at radius 3 is 2.59 bits per heavy atom. The van der Waals surface area contributed by atoms with E-state index in [0.29, 0.717) is 11.7 Å². The van der Waals surface area contributed by atoms with Crippen LogP contribution < -0.4 is 5.32 Å². The zero-order valence-electron chi connectivity index (χ0n) is 12.6. The predicted molar refractivity (Wildman–Crippen MR) is 84.1 cm³/mol. The van der Waals surface area contributed by atoms with E-state index >= 15 is 0 Å². The highest BCUT2D eigenvalue weighted by atomic mass is 32.2. The molecule has 0 unspecified atom stereocenters. The topological polar surface area (TPSA) is 76.4 Å². The molecule has 6 heteroatoms. The summed E-state index contributed by atoms with van der Waals surface area (Å²) < 4.78 is 28.9. The maximum absolute atomic E-state index is 12.2. The number of amides is 1. The molecule has 0 radical (unpaired) electrons. The SMILES string of the molecule is C[C@H](C(=O)N[C@H](c1cc2ccccc2o1)C1CC1)S(C)(=O)=O. The Kier molecular flexibility index (Phi) is 3.72. The molecule has 22 heavy (non-hydrogen) atoms. The third kappa shape index (κ3) is 3.02. The van der Waals surface area contributed by atoms with Crippen LogP contribution in [0.25, 0.3) is 11.0 Å². The molecule has 2 atom stereocenters. The van der Waals surface area contributed by atoms with Crippen molar-refractivity contribution in [2.45, 2.75) is 31.1 Å². The van der Waals surface area contributed by atoms with E-state index in [0.717, 1.165) is 30.1 Å². The van der Waals surface area contributed by atoms with Gasteiger partial charge in [0.05, 0.1) is 6.04 Å². The number of hydrogen-bond donors (Lipinski definition) is 1. The van der Waals surface area contributed by atoms with Crippen LogP contribution in [0.4, 0.5) is 0 Å². The largest absolute Gasteiger partial charge is 0.459 e. The Hall–Kier alpha value is -1.82. The Balaban J connectivity index is 1.86. The van der Waals surface area contributed by atoms with E-state index in [1.165, 1.54) is 6.92 Å². The number of para-hydroxylation sites is 1. The van der Waals surface area contributed by atoms with Crippen molar-refractivity contribution in [2.75, 3.05) is 6.26 Å². The molecule has 2 aromatic rings. The molecule has 0 bridgehead atoms. The fraction of sp³-hybridized carbons (Fsp3) is 0.438. The average molecular weight is 321 g/mol. The second-order valence-corrected chi connectivity index (χ2v) is 8.35. The lowest BCUT2D eigenvalue weighted by atomic mass is 10.1. The molecule has 1 saturated carbocycles. The van der Waals surface area contributed by atoms with Gasteiger partial charge in [-0.05, 0) is 37.8 Å². The zero-order chi connectivity index (χ0) is 15.9. The monoisotopic (exact) mass is 321 g/mol. The van der Waals surface area contributed by atoms with Crippen molar-refractivity contribution >= 4 is 26.7 Å². The summed E-state index contributed by atoms with van der Waals surface area (Å²) in [5, 5.41) is 2.77. The standard InChI is InChI=1S/C16H19NO4S/c1-10(22(2,19)20)16(18)17-15(11-7-8-11)14-9-12-5-3-4-6-13(12)21-14/h3-6,9-11,15H,7-8H2,1-2H3,(H,17,18)/t10-,15+/m1/s1. The van der Waals surface area contributed by atoms with Gasteiger partial charge in [-0.1, -0.05) is 18.2 Å². The molecule has 1 aromatic carbocycles. The maximum Gasteiger partial charge on any atom is 0.238 e. The summed E-state index contributed by atoms with van der Waals surface area (Å²) in [5.41, 5.74) is 0.772. The minimum atomic E-state index is -3.40. The van der Waals surface area contributed by atoms with Crippen LogP contribution in [0.1, 0.15) is 31.6 Å². The number of sulfone groups is 1. The molecular formula is C16H19NO4S. The number of carbonyl (C=O) groups is 1. The third-order valence-corrected chi connectivity index (χ3v) is 5.65. The van der Waals surface area contributed by atoms with Gasteiger partial charge in [0.15, 0.2) is 9.84 Å². The fourth-order valence-electron chi connectivity index (χ4n) is 2.47. The Morgan fingerprint density at radius 2 is 2.00 bits per heavy atom. The minimum absolute atomic E-state index is 0.260. The summed E-state index contributed by atoms with van der Waals surface area (Å²) in [6.07, 6.45) is 3.09. The van der Waals surface area contributed by atoms with E-state index in [9.17, 15) is 13.2 Å². The Bertz CT molecular complexity index is 771. The van der Waals surface area contributed by atoms with E-state index in [2.05, 4.69) is 5.32 Å². The highest BCUT2D eigenvalue weighted by Gasteiger charge is 2.37. The number of nitrogens with one attached hydrogen (secondary N) is 1. The average Bonchev–Trinajstić information content (AvgIpc) is 3.20. The summed E-state index contributed by atoms with van der Waals surface area (Å²) in [6.45, 7) is 1.41. The van der Waals surface area contributed by atoms with Crippen LogP contribution in [-0.4, -0.2) is 25.8 Å². The Morgan fingerprint density at radius 1 is 1.32 bits per heavy atom. The van der Waals surface area contributed by atoms with Crippen molar-refractivity contribution in [3.63, 3.8) is 0 Å². The number of hydrogen-bond acceptors (Lipinski definition) is 4. The van der Waals surface area contributed by atoms with Gasteiger partial charge < -0.3 is 9.73 Å². The first-order valence-electron chi connectivity index (χ1n) is 7.34. The molecule has 118 valence electrons. The number of furan rings is 1. The van der Waals surface area contributed by atoms with Gasteiger partial charge in [0.25, 0.3) is 0 Å². The van der Waals surface area contributed by atoms with Crippen LogP contribution >= 0.6 is 0 Å². The minimum Gasteiger partial charge on any atom is -0.459 e. The van der Waals surface area contributed by atoms with Crippen molar-refractivity contribution in [3.05, 3.63) is 36.1 Å². The molecule has 5 nitrogen and oxygen atoms in total. The molecule has 1 aliphatic rings. The molecular weight excluding hydrogens is 302 g/mol. The van der Waals surface area contributed by atoms with E-state index in [1.54, 1.807) is 0 Å². The predicted octanol–water partition coefficient (Wildman–Crippen LogP) is 2.43. The van der Waals surface area contributed by atoms with Crippen LogP contribution in [0.3, 0.4) is 0 Å². The number of rotatable bonds is 5. The van der Waals surface area contributed by atoms with E-state index < -0.39 is 21.0 Å².